The van der Waals surface area contributed by atoms with Crippen molar-refractivity contribution in [3.05, 3.63) is 42.2 Å². The summed E-state index contributed by atoms with van der Waals surface area (Å²) in [5.41, 5.74) is 8.56. The first-order valence-corrected chi connectivity index (χ1v) is 5.62. The number of nitrogens with two attached hydrogens (primary N) is 1. The molecule has 2 rings (SSSR count). The van der Waals surface area contributed by atoms with Crippen LogP contribution in [0, 0.1) is 6.92 Å². The average molecular weight is 228 g/mol. The first-order chi connectivity index (χ1) is 8.29. The lowest BCUT2D eigenvalue weighted by atomic mass is 10.1. The minimum atomic E-state index is 0.597. The molecule has 0 amide bonds. The molecule has 1 heterocycles. The maximum absolute atomic E-state index is 5.41. The Kier molecular flexibility index (Phi) is 3.67. The fourth-order valence-electron chi connectivity index (χ4n) is 1.49. The van der Waals surface area contributed by atoms with Crippen LogP contribution in [0.3, 0.4) is 0 Å². The standard InChI is InChI=1S/C13H16N4/c1-10-2-4-11(5-3-10)13-16-8-12(9-17-13)15-7-6-14/h2-5,8-9,15H,6-7,14H2,1H3. The van der Waals surface area contributed by atoms with Crippen molar-refractivity contribution >= 4 is 5.69 Å². The van der Waals surface area contributed by atoms with E-state index in [9.17, 15) is 0 Å². The maximum atomic E-state index is 5.41. The largest absolute Gasteiger partial charge is 0.381 e. The molecular weight excluding hydrogens is 212 g/mol. The van der Waals surface area contributed by atoms with Crippen LogP contribution in [-0.2, 0) is 0 Å². The number of nitrogens with one attached hydrogen (secondary N) is 1. The van der Waals surface area contributed by atoms with Gasteiger partial charge in [0, 0.05) is 18.7 Å². The molecule has 0 fully saturated rings. The van der Waals surface area contributed by atoms with Gasteiger partial charge in [-0.25, -0.2) is 9.97 Å². The highest BCUT2D eigenvalue weighted by atomic mass is 15.0. The smallest absolute Gasteiger partial charge is 0.159 e. The molecule has 17 heavy (non-hydrogen) atoms. The highest BCUT2D eigenvalue weighted by Gasteiger charge is 2.00. The summed E-state index contributed by atoms with van der Waals surface area (Å²) in [4.78, 5) is 8.63. The van der Waals surface area contributed by atoms with Crippen molar-refractivity contribution in [2.75, 3.05) is 18.4 Å². The third-order valence-electron chi connectivity index (χ3n) is 2.44. The van der Waals surface area contributed by atoms with Gasteiger partial charge in [-0.15, -0.1) is 0 Å². The molecule has 4 heteroatoms. The summed E-state index contributed by atoms with van der Waals surface area (Å²) in [6.45, 7) is 3.39. The van der Waals surface area contributed by atoms with Gasteiger partial charge in [0.2, 0.25) is 0 Å². The van der Waals surface area contributed by atoms with E-state index in [4.69, 9.17) is 5.73 Å². The molecule has 0 saturated carbocycles. The van der Waals surface area contributed by atoms with E-state index in [0.29, 0.717) is 6.54 Å². The number of nitrogens with zero attached hydrogens (tertiary/aromatic N) is 2. The molecule has 4 nitrogen and oxygen atoms in total. The van der Waals surface area contributed by atoms with Crippen LogP contribution in [0.4, 0.5) is 5.69 Å². The normalized spacial score (nSPS) is 10.2. The minimum Gasteiger partial charge on any atom is -0.381 e. The van der Waals surface area contributed by atoms with Crippen LogP contribution in [-0.4, -0.2) is 23.1 Å². The Bertz CT molecular complexity index is 462. The molecule has 0 unspecified atom stereocenters. The summed E-state index contributed by atoms with van der Waals surface area (Å²) in [5, 5.41) is 3.13. The van der Waals surface area contributed by atoms with E-state index < -0.39 is 0 Å². The van der Waals surface area contributed by atoms with Gasteiger partial charge in [0.25, 0.3) is 0 Å². The average Bonchev–Trinajstić information content (AvgIpc) is 2.38. The monoisotopic (exact) mass is 228 g/mol. The van der Waals surface area contributed by atoms with E-state index in [1.54, 1.807) is 12.4 Å². The maximum Gasteiger partial charge on any atom is 0.159 e. The highest BCUT2D eigenvalue weighted by Crippen LogP contribution is 2.15. The van der Waals surface area contributed by atoms with Gasteiger partial charge in [0.1, 0.15) is 0 Å². The van der Waals surface area contributed by atoms with E-state index in [0.717, 1.165) is 23.6 Å². The fourth-order valence-corrected chi connectivity index (χ4v) is 1.49. The number of rotatable bonds is 4. The summed E-state index contributed by atoms with van der Waals surface area (Å²) in [6, 6.07) is 8.16. The molecule has 0 aliphatic heterocycles. The van der Waals surface area contributed by atoms with Crippen molar-refractivity contribution in [1.82, 2.24) is 9.97 Å². The van der Waals surface area contributed by atoms with Gasteiger partial charge in [0.05, 0.1) is 18.1 Å². The topological polar surface area (TPSA) is 63.8 Å². The van der Waals surface area contributed by atoms with Crippen LogP contribution in [0.15, 0.2) is 36.7 Å². The highest BCUT2D eigenvalue weighted by molar-refractivity contribution is 5.56. The van der Waals surface area contributed by atoms with Crippen molar-refractivity contribution in [3.8, 4) is 11.4 Å². The zero-order chi connectivity index (χ0) is 12.1. The lowest BCUT2D eigenvalue weighted by molar-refractivity contribution is 1.02. The Balaban J connectivity index is 2.14. The number of anilines is 1. The van der Waals surface area contributed by atoms with Crippen molar-refractivity contribution in [1.29, 1.82) is 0 Å². The molecule has 1 aromatic carbocycles. The number of benzene rings is 1. The molecule has 2 aromatic rings. The summed E-state index contributed by atoms with van der Waals surface area (Å²) in [5.74, 6) is 0.739. The van der Waals surface area contributed by atoms with Gasteiger partial charge < -0.3 is 11.1 Å². The number of aromatic nitrogens is 2. The molecular formula is C13H16N4. The van der Waals surface area contributed by atoms with Crippen LogP contribution in [0.2, 0.25) is 0 Å². The Morgan fingerprint density at radius 2 is 1.76 bits per heavy atom. The van der Waals surface area contributed by atoms with E-state index in [2.05, 4.69) is 34.3 Å². The molecule has 0 aliphatic rings. The van der Waals surface area contributed by atoms with E-state index in [-0.39, 0.29) is 0 Å². The lowest BCUT2D eigenvalue weighted by Crippen LogP contribution is -2.13. The first kappa shape index (κ1) is 11.5. The molecule has 0 radical (unpaired) electrons. The van der Waals surface area contributed by atoms with Crippen LogP contribution < -0.4 is 11.1 Å². The summed E-state index contributed by atoms with van der Waals surface area (Å²) >= 11 is 0. The summed E-state index contributed by atoms with van der Waals surface area (Å²) in [6.07, 6.45) is 3.55. The summed E-state index contributed by atoms with van der Waals surface area (Å²) in [7, 11) is 0. The van der Waals surface area contributed by atoms with Gasteiger partial charge in [-0.2, -0.15) is 0 Å². The third-order valence-corrected chi connectivity index (χ3v) is 2.44. The molecule has 0 saturated heterocycles. The van der Waals surface area contributed by atoms with Gasteiger partial charge >= 0.3 is 0 Å². The number of hydrogen-bond acceptors (Lipinski definition) is 4. The third kappa shape index (κ3) is 3.01. The molecule has 0 atom stereocenters. The Morgan fingerprint density at radius 3 is 2.35 bits per heavy atom. The second-order valence-electron chi connectivity index (χ2n) is 3.88. The Labute approximate surface area is 101 Å². The van der Waals surface area contributed by atoms with Crippen LogP contribution in [0.25, 0.3) is 11.4 Å². The fraction of sp³-hybridized carbons (Fsp3) is 0.231. The predicted molar refractivity (Wildman–Crippen MR) is 69.7 cm³/mol. The molecule has 0 aliphatic carbocycles. The number of aryl methyl sites for hydroxylation is 1. The minimum absolute atomic E-state index is 0.597. The van der Waals surface area contributed by atoms with Gasteiger partial charge in [0.15, 0.2) is 5.82 Å². The molecule has 3 N–H and O–H groups in total. The quantitative estimate of drug-likeness (QED) is 0.838. The van der Waals surface area contributed by atoms with Crippen molar-refractivity contribution in [2.45, 2.75) is 6.92 Å². The second-order valence-corrected chi connectivity index (χ2v) is 3.88. The van der Waals surface area contributed by atoms with Gasteiger partial charge in [-0.05, 0) is 6.92 Å². The predicted octanol–water partition coefficient (Wildman–Crippen LogP) is 1.82. The molecule has 88 valence electrons. The van der Waals surface area contributed by atoms with Gasteiger partial charge in [-0.1, -0.05) is 29.8 Å². The van der Waals surface area contributed by atoms with E-state index >= 15 is 0 Å². The van der Waals surface area contributed by atoms with Crippen molar-refractivity contribution in [3.63, 3.8) is 0 Å². The molecule has 1 aromatic heterocycles. The Morgan fingerprint density at radius 1 is 1.12 bits per heavy atom. The van der Waals surface area contributed by atoms with E-state index in [1.165, 1.54) is 5.56 Å². The van der Waals surface area contributed by atoms with Gasteiger partial charge in [-0.3, -0.25) is 0 Å². The molecule has 0 bridgehead atoms. The lowest BCUT2D eigenvalue weighted by Gasteiger charge is -2.05. The zero-order valence-electron chi connectivity index (χ0n) is 9.85. The second kappa shape index (κ2) is 5.41. The van der Waals surface area contributed by atoms with Crippen LogP contribution in [0.5, 0.6) is 0 Å². The molecule has 0 spiro atoms. The Hall–Kier alpha value is -1.94. The first-order valence-electron chi connectivity index (χ1n) is 5.62. The number of hydrogen-bond donors (Lipinski definition) is 2. The SMILES string of the molecule is Cc1ccc(-c2ncc(NCCN)cn2)cc1. The van der Waals surface area contributed by atoms with E-state index in [1.807, 2.05) is 12.1 Å². The van der Waals surface area contributed by atoms with Crippen molar-refractivity contribution in [2.24, 2.45) is 5.73 Å². The van der Waals surface area contributed by atoms with Crippen LogP contribution in [0.1, 0.15) is 5.56 Å². The van der Waals surface area contributed by atoms with Crippen molar-refractivity contribution < 1.29 is 0 Å². The summed E-state index contributed by atoms with van der Waals surface area (Å²) < 4.78 is 0. The van der Waals surface area contributed by atoms with Crippen LogP contribution >= 0.6 is 0 Å². The zero-order valence-corrected chi connectivity index (χ0v) is 9.85.